The van der Waals surface area contributed by atoms with Crippen molar-refractivity contribution >= 4 is 29.6 Å². The molecule has 0 bridgehead atoms. The number of rotatable bonds is 8. The van der Waals surface area contributed by atoms with E-state index in [0.29, 0.717) is 29.3 Å². The van der Waals surface area contributed by atoms with Crippen molar-refractivity contribution in [2.75, 3.05) is 0 Å². The van der Waals surface area contributed by atoms with Crippen LogP contribution in [0.5, 0.6) is 0 Å². The number of hydrogen-bond acceptors (Lipinski definition) is 6. The van der Waals surface area contributed by atoms with E-state index in [2.05, 4.69) is 21.6 Å². The normalized spacial score (nSPS) is 10.9. The summed E-state index contributed by atoms with van der Waals surface area (Å²) in [7, 11) is 0. The molecule has 0 amide bonds. The molecule has 3 aromatic heterocycles. The number of aromatic nitrogens is 4. The monoisotopic (exact) mass is 506 g/mol. The first-order valence-corrected chi connectivity index (χ1v) is 11.9. The first kappa shape index (κ1) is 26.6. The van der Waals surface area contributed by atoms with Gasteiger partial charge < -0.3 is 4.42 Å². The molecule has 0 aliphatic heterocycles. The van der Waals surface area contributed by atoms with Gasteiger partial charge in [0.15, 0.2) is 5.82 Å². The third-order valence-corrected chi connectivity index (χ3v) is 6.23. The zero-order valence-corrected chi connectivity index (χ0v) is 20.2. The summed E-state index contributed by atoms with van der Waals surface area (Å²) >= 11 is 0. The van der Waals surface area contributed by atoms with Crippen molar-refractivity contribution in [2.45, 2.75) is 39.5 Å². The SMILES string of the molecule is CCCCc1nc(C)n(-c2ccoc2)c(=O)c1Cc1ccc(-c2ccccc2-c2noc(=O)[nH]2)cc1.[NaH]. The van der Waals surface area contributed by atoms with E-state index in [4.69, 9.17) is 9.40 Å². The molecule has 5 rings (SSSR count). The van der Waals surface area contributed by atoms with Gasteiger partial charge in [0.25, 0.3) is 5.56 Å². The van der Waals surface area contributed by atoms with Crippen LogP contribution in [0.3, 0.4) is 0 Å². The second-order valence-electron chi connectivity index (χ2n) is 8.67. The summed E-state index contributed by atoms with van der Waals surface area (Å²) in [6.45, 7) is 3.98. The third kappa shape index (κ3) is 5.61. The molecule has 0 spiro atoms. The number of nitrogens with one attached hydrogen (secondary N) is 1. The first-order chi connectivity index (χ1) is 17.5. The van der Waals surface area contributed by atoms with Gasteiger partial charge in [-0.3, -0.25) is 18.9 Å². The molecule has 37 heavy (non-hydrogen) atoms. The molecule has 0 unspecified atom stereocenters. The second-order valence-corrected chi connectivity index (χ2v) is 8.67. The minimum absolute atomic E-state index is 0. The quantitative estimate of drug-likeness (QED) is 0.312. The van der Waals surface area contributed by atoms with E-state index in [1.54, 1.807) is 23.2 Å². The van der Waals surface area contributed by atoms with Crippen molar-refractivity contribution in [3.63, 3.8) is 0 Å². The molecule has 8 nitrogen and oxygen atoms in total. The van der Waals surface area contributed by atoms with Gasteiger partial charge in [-0.05, 0) is 36.5 Å². The zero-order chi connectivity index (χ0) is 25.1. The van der Waals surface area contributed by atoms with Crippen LogP contribution in [-0.4, -0.2) is 49.2 Å². The molecule has 9 heteroatoms. The van der Waals surface area contributed by atoms with Crippen LogP contribution in [0.15, 0.2) is 85.7 Å². The summed E-state index contributed by atoms with van der Waals surface area (Å²) in [6.07, 6.45) is 6.33. The van der Waals surface area contributed by atoms with Gasteiger partial charge in [0.1, 0.15) is 12.1 Å². The Bertz CT molecular complexity index is 1600. The van der Waals surface area contributed by atoms with E-state index in [1.807, 2.05) is 55.5 Å². The number of benzene rings is 2. The van der Waals surface area contributed by atoms with Gasteiger partial charge in [-0.1, -0.05) is 67.0 Å². The van der Waals surface area contributed by atoms with Crippen LogP contribution >= 0.6 is 0 Å². The Labute approximate surface area is 235 Å². The molecule has 0 atom stereocenters. The molecule has 1 N–H and O–H groups in total. The number of unbranched alkanes of at least 4 members (excludes halogenated alkanes) is 1. The van der Waals surface area contributed by atoms with Gasteiger partial charge in [-0.25, -0.2) is 9.78 Å². The van der Waals surface area contributed by atoms with Crippen LogP contribution in [0.25, 0.3) is 28.2 Å². The number of aryl methyl sites for hydroxylation is 2. The molecule has 0 aliphatic rings. The van der Waals surface area contributed by atoms with Gasteiger partial charge in [0, 0.05) is 23.6 Å². The van der Waals surface area contributed by atoms with Crippen molar-refractivity contribution in [3.05, 3.63) is 111 Å². The van der Waals surface area contributed by atoms with Crippen molar-refractivity contribution < 1.29 is 8.94 Å². The molecular weight excluding hydrogens is 479 g/mol. The van der Waals surface area contributed by atoms with Gasteiger partial charge in [0.2, 0.25) is 0 Å². The Balaban J connectivity index is 0.00000320. The summed E-state index contributed by atoms with van der Waals surface area (Å²) in [4.78, 5) is 32.5. The van der Waals surface area contributed by atoms with E-state index in [-0.39, 0.29) is 35.1 Å². The van der Waals surface area contributed by atoms with Crippen LogP contribution in [0, 0.1) is 6.92 Å². The summed E-state index contributed by atoms with van der Waals surface area (Å²) in [5.74, 6) is 0.432. The molecule has 0 aliphatic carbocycles. The molecule has 184 valence electrons. The maximum absolute atomic E-state index is 13.6. The van der Waals surface area contributed by atoms with Crippen LogP contribution in [0.1, 0.15) is 42.4 Å². The zero-order valence-electron chi connectivity index (χ0n) is 20.2. The third-order valence-electron chi connectivity index (χ3n) is 6.23. The van der Waals surface area contributed by atoms with E-state index in [1.165, 1.54) is 0 Å². The number of nitrogens with zero attached hydrogens (tertiary/aromatic N) is 3. The van der Waals surface area contributed by atoms with Crippen molar-refractivity contribution in [2.24, 2.45) is 0 Å². The van der Waals surface area contributed by atoms with E-state index < -0.39 is 5.76 Å². The second kappa shape index (κ2) is 11.7. The van der Waals surface area contributed by atoms with Crippen molar-refractivity contribution in [1.82, 2.24) is 19.7 Å². The van der Waals surface area contributed by atoms with Gasteiger partial charge >= 0.3 is 35.3 Å². The topological polar surface area (TPSA) is 107 Å². The molecule has 0 fully saturated rings. The average molecular weight is 507 g/mol. The van der Waals surface area contributed by atoms with Crippen molar-refractivity contribution in [3.8, 4) is 28.2 Å². The Hall–Kier alpha value is -3.46. The van der Waals surface area contributed by atoms with Gasteiger partial charge in [0.05, 0.1) is 17.6 Å². The predicted molar refractivity (Wildman–Crippen MR) is 143 cm³/mol. The number of H-pyrrole nitrogens is 1. The maximum atomic E-state index is 13.6. The fraction of sp³-hybridized carbons (Fsp3) is 0.214. The molecule has 0 saturated carbocycles. The van der Waals surface area contributed by atoms with Crippen LogP contribution in [0.4, 0.5) is 0 Å². The Morgan fingerprint density at radius 3 is 2.41 bits per heavy atom. The van der Waals surface area contributed by atoms with Crippen LogP contribution in [-0.2, 0) is 12.8 Å². The van der Waals surface area contributed by atoms with E-state index in [9.17, 15) is 9.59 Å². The number of furan rings is 1. The van der Waals surface area contributed by atoms with E-state index in [0.717, 1.165) is 47.2 Å². The summed E-state index contributed by atoms with van der Waals surface area (Å²) < 4.78 is 11.5. The molecule has 0 saturated heterocycles. The fourth-order valence-electron chi connectivity index (χ4n) is 4.43. The van der Waals surface area contributed by atoms with Gasteiger partial charge in [-0.15, -0.1) is 0 Å². The molecule has 0 radical (unpaired) electrons. The summed E-state index contributed by atoms with van der Waals surface area (Å²) in [5.41, 5.74) is 5.80. The van der Waals surface area contributed by atoms with Crippen LogP contribution < -0.4 is 11.3 Å². The molecule has 5 aromatic rings. The predicted octanol–water partition coefficient (Wildman–Crippen LogP) is 4.43. The molecule has 3 heterocycles. The average Bonchev–Trinajstić information content (AvgIpc) is 3.57. The standard InChI is InChI=1S/C28H26N4O4.Na.H/c1-3-4-9-25-24(27(33)32(18(2)29-25)21-14-15-35-17-21)16-19-10-12-20(13-11-19)22-7-5-6-8-23(22)26-30-28(34)36-31-26;;/h5-8,10-15,17H,3-4,9,16H2,1-2H3,(H,30,31,34);;. The number of aromatic amines is 1. The number of hydrogen-bond donors (Lipinski definition) is 1. The summed E-state index contributed by atoms with van der Waals surface area (Å²) in [5, 5.41) is 3.83. The molecule has 2 aromatic carbocycles. The molecular formula is C28H27N4NaO4. The first-order valence-electron chi connectivity index (χ1n) is 11.9. The summed E-state index contributed by atoms with van der Waals surface area (Å²) in [6, 6.07) is 17.5. The van der Waals surface area contributed by atoms with Crippen molar-refractivity contribution in [1.29, 1.82) is 0 Å². The fourth-order valence-corrected chi connectivity index (χ4v) is 4.43. The Morgan fingerprint density at radius 1 is 1.00 bits per heavy atom. The Kier molecular flexibility index (Phi) is 8.43. The van der Waals surface area contributed by atoms with Crippen LogP contribution in [0.2, 0.25) is 0 Å². The van der Waals surface area contributed by atoms with Gasteiger partial charge in [-0.2, -0.15) is 0 Å². The minimum atomic E-state index is -0.596. The Morgan fingerprint density at radius 2 is 1.76 bits per heavy atom. The van der Waals surface area contributed by atoms with E-state index >= 15 is 0 Å².